The summed E-state index contributed by atoms with van der Waals surface area (Å²) in [7, 11) is 0. The summed E-state index contributed by atoms with van der Waals surface area (Å²) in [5, 5.41) is 0. The Balaban J connectivity index is 1.39. The second kappa shape index (κ2) is 7.48. The van der Waals surface area contributed by atoms with E-state index in [0.717, 1.165) is 51.0 Å². The molecule has 4 atom stereocenters. The van der Waals surface area contributed by atoms with E-state index in [9.17, 15) is 13.2 Å². The van der Waals surface area contributed by atoms with Crippen molar-refractivity contribution in [2.75, 3.05) is 32.0 Å². The number of nitrogens with two attached hydrogens (primary N) is 1. The van der Waals surface area contributed by atoms with Crippen molar-refractivity contribution in [2.45, 2.75) is 50.9 Å². The first-order valence-corrected chi connectivity index (χ1v) is 11.0. The largest absolute Gasteiger partial charge is 0.419 e. The number of aromatic nitrogens is 3. The van der Waals surface area contributed by atoms with Crippen molar-refractivity contribution in [1.29, 1.82) is 0 Å². The summed E-state index contributed by atoms with van der Waals surface area (Å²) < 4.78 is 47.4. The topological polar surface area (TPSA) is 69.2 Å². The first-order valence-electron chi connectivity index (χ1n) is 11.0. The van der Waals surface area contributed by atoms with Crippen LogP contribution in [0.2, 0.25) is 0 Å². The van der Waals surface area contributed by atoms with E-state index in [0.29, 0.717) is 35.1 Å². The first kappa shape index (κ1) is 20.8. The number of morpholine rings is 1. The third-order valence-electron chi connectivity index (χ3n) is 7.12. The number of nitrogen functional groups attached to an aromatic ring is 1. The molecule has 2 saturated carbocycles. The number of ether oxygens (including phenoxy) is 1. The Labute approximate surface area is 179 Å². The molecule has 0 amide bonds. The highest BCUT2D eigenvalue weighted by atomic mass is 19.4. The second-order valence-electron chi connectivity index (χ2n) is 9.27. The van der Waals surface area contributed by atoms with Gasteiger partial charge in [-0.2, -0.15) is 13.2 Å². The van der Waals surface area contributed by atoms with Crippen LogP contribution in [0.3, 0.4) is 0 Å². The van der Waals surface area contributed by atoms with Crippen molar-refractivity contribution < 1.29 is 17.9 Å². The molecule has 9 heteroatoms. The Bertz CT molecular complexity index is 955. The van der Waals surface area contributed by atoms with Crippen LogP contribution in [0.15, 0.2) is 18.5 Å². The van der Waals surface area contributed by atoms with E-state index >= 15 is 0 Å². The Morgan fingerprint density at radius 3 is 2.45 bits per heavy atom. The molecular weight excluding hydrogens is 407 g/mol. The highest BCUT2D eigenvalue weighted by Gasteiger charge is 2.59. The summed E-state index contributed by atoms with van der Waals surface area (Å²) in [5.74, 6) is 2.08. The lowest BCUT2D eigenvalue weighted by molar-refractivity contribution is -0.137. The molecule has 2 aromatic rings. The summed E-state index contributed by atoms with van der Waals surface area (Å²) in [6.07, 6.45) is 1.03. The molecule has 3 aliphatic rings. The predicted molar refractivity (Wildman–Crippen MR) is 110 cm³/mol. The van der Waals surface area contributed by atoms with Crippen LogP contribution in [0.1, 0.15) is 50.0 Å². The minimum atomic E-state index is -4.54. The van der Waals surface area contributed by atoms with E-state index in [2.05, 4.69) is 28.3 Å². The molecule has 2 aromatic heterocycles. The number of anilines is 1. The average molecular weight is 435 g/mol. The molecule has 1 aliphatic heterocycles. The minimum absolute atomic E-state index is 0.177. The van der Waals surface area contributed by atoms with E-state index in [1.54, 1.807) is 0 Å². The smallest absolute Gasteiger partial charge is 0.383 e. The number of halogens is 3. The predicted octanol–water partition coefficient (Wildman–Crippen LogP) is 3.95. The van der Waals surface area contributed by atoms with Crippen LogP contribution in [-0.4, -0.2) is 51.8 Å². The monoisotopic (exact) mass is 435 g/mol. The van der Waals surface area contributed by atoms with Crippen molar-refractivity contribution in [3.05, 3.63) is 29.8 Å². The maximum atomic E-state index is 13.3. The van der Waals surface area contributed by atoms with Gasteiger partial charge in [0, 0.05) is 49.0 Å². The van der Waals surface area contributed by atoms with E-state index in [-0.39, 0.29) is 6.04 Å². The van der Waals surface area contributed by atoms with Gasteiger partial charge in [-0.05, 0) is 44.6 Å². The zero-order valence-corrected chi connectivity index (χ0v) is 17.8. The maximum Gasteiger partial charge on any atom is 0.419 e. The summed E-state index contributed by atoms with van der Waals surface area (Å²) in [6.45, 7) is 7.78. The fourth-order valence-electron chi connectivity index (χ4n) is 5.49. The molecule has 0 spiro atoms. The summed E-state index contributed by atoms with van der Waals surface area (Å²) in [6, 6.07) is 1.85. The molecule has 0 bridgehead atoms. The van der Waals surface area contributed by atoms with Gasteiger partial charge in [-0.25, -0.2) is 9.97 Å². The van der Waals surface area contributed by atoms with Gasteiger partial charge in [-0.3, -0.25) is 4.90 Å². The van der Waals surface area contributed by atoms with Gasteiger partial charge in [0.1, 0.15) is 11.6 Å². The number of alkyl halides is 3. The molecule has 168 valence electrons. The number of hydrogen-bond donors (Lipinski definition) is 1. The number of imidazole rings is 1. The molecule has 2 unspecified atom stereocenters. The van der Waals surface area contributed by atoms with Gasteiger partial charge in [0.2, 0.25) is 0 Å². The van der Waals surface area contributed by atoms with E-state index in [1.807, 2.05) is 6.20 Å². The molecule has 3 fully saturated rings. The molecule has 0 radical (unpaired) electrons. The quantitative estimate of drug-likeness (QED) is 0.788. The van der Waals surface area contributed by atoms with Crippen LogP contribution in [0.5, 0.6) is 0 Å². The lowest BCUT2D eigenvalue weighted by Crippen LogP contribution is -2.43. The Morgan fingerprint density at radius 1 is 1.16 bits per heavy atom. The highest BCUT2D eigenvalue weighted by Crippen LogP contribution is 2.64. The number of fused-ring (bicyclic) bond motifs is 1. The van der Waals surface area contributed by atoms with Crippen molar-refractivity contribution >= 4 is 5.82 Å². The van der Waals surface area contributed by atoms with Gasteiger partial charge in [-0.15, -0.1) is 0 Å². The van der Waals surface area contributed by atoms with Crippen LogP contribution in [0.25, 0.3) is 11.3 Å². The lowest BCUT2D eigenvalue weighted by atomic mass is 10.0. The van der Waals surface area contributed by atoms with Crippen LogP contribution < -0.4 is 5.73 Å². The highest BCUT2D eigenvalue weighted by molar-refractivity contribution is 5.62. The second-order valence-corrected chi connectivity index (χ2v) is 9.27. The fourth-order valence-corrected chi connectivity index (χ4v) is 5.49. The van der Waals surface area contributed by atoms with Crippen LogP contribution in [0.4, 0.5) is 19.0 Å². The van der Waals surface area contributed by atoms with Gasteiger partial charge in [0.15, 0.2) is 0 Å². The van der Waals surface area contributed by atoms with Crippen LogP contribution >= 0.6 is 0 Å². The third-order valence-corrected chi connectivity index (χ3v) is 7.12. The van der Waals surface area contributed by atoms with Gasteiger partial charge in [0.25, 0.3) is 0 Å². The molecule has 1 saturated heterocycles. The molecule has 5 rings (SSSR count). The Morgan fingerprint density at radius 2 is 1.84 bits per heavy atom. The van der Waals surface area contributed by atoms with Crippen molar-refractivity contribution in [3.8, 4) is 11.3 Å². The molecule has 2 N–H and O–H groups in total. The summed E-state index contributed by atoms with van der Waals surface area (Å²) in [5.41, 5.74) is 5.42. The third kappa shape index (κ3) is 3.71. The number of hydrogen-bond acceptors (Lipinski definition) is 5. The van der Waals surface area contributed by atoms with E-state index in [4.69, 9.17) is 15.5 Å². The lowest BCUT2D eigenvalue weighted by Gasteiger charge is -2.33. The number of rotatable bonds is 4. The SMILES string of the molecule is CC(C)n1cc(-c2cnc(N)c(C(F)(F)F)c2)nc1C1[C@H]2CC(N3CCOCC3)C[C@@H]12. The van der Waals surface area contributed by atoms with E-state index < -0.39 is 17.6 Å². The van der Waals surface area contributed by atoms with Crippen molar-refractivity contribution in [1.82, 2.24) is 19.4 Å². The van der Waals surface area contributed by atoms with Gasteiger partial charge in [-0.1, -0.05) is 0 Å². The van der Waals surface area contributed by atoms with Crippen molar-refractivity contribution in [3.63, 3.8) is 0 Å². The average Bonchev–Trinajstić information content (AvgIpc) is 3.09. The molecular formula is C22H28F3N5O. The number of nitrogens with zero attached hydrogens (tertiary/aromatic N) is 4. The fraction of sp³-hybridized carbons (Fsp3) is 0.636. The van der Waals surface area contributed by atoms with Crippen LogP contribution in [0, 0.1) is 11.8 Å². The Hall–Kier alpha value is -2.13. The zero-order chi connectivity index (χ0) is 21.9. The van der Waals surface area contributed by atoms with Gasteiger partial charge >= 0.3 is 6.18 Å². The Kier molecular flexibility index (Phi) is 5.01. The summed E-state index contributed by atoms with van der Waals surface area (Å²) >= 11 is 0. The molecule has 2 aliphatic carbocycles. The normalized spacial score (nSPS) is 28.8. The molecule has 6 nitrogen and oxygen atoms in total. The minimum Gasteiger partial charge on any atom is -0.383 e. The van der Waals surface area contributed by atoms with Crippen molar-refractivity contribution in [2.24, 2.45) is 11.8 Å². The first-order chi connectivity index (χ1) is 14.7. The maximum absolute atomic E-state index is 13.3. The van der Waals surface area contributed by atoms with Crippen LogP contribution in [-0.2, 0) is 10.9 Å². The standard InChI is InChI=1S/C22H28F3N5O/c1-12(2)30-11-18(13-7-17(22(23,24)25)20(26)27-10-13)28-21(30)19-15-8-14(9-16(15)19)29-3-5-31-6-4-29/h7,10-12,14-16,19H,3-6,8-9H2,1-2H3,(H2,26,27)/t14?,15-,16+,19?. The number of pyridine rings is 1. The summed E-state index contributed by atoms with van der Waals surface area (Å²) in [4.78, 5) is 11.1. The molecule has 3 heterocycles. The van der Waals surface area contributed by atoms with Gasteiger partial charge in [0.05, 0.1) is 24.5 Å². The van der Waals surface area contributed by atoms with Gasteiger partial charge < -0.3 is 15.0 Å². The zero-order valence-electron chi connectivity index (χ0n) is 17.8. The van der Waals surface area contributed by atoms with E-state index in [1.165, 1.54) is 6.20 Å². The molecule has 0 aromatic carbocycles. The molecule has 31 heavy (non-hydrogen) atoms.